The van der Waals surface area contributed by atoms with Crippen LogP contribution in [0.15, 0.2) is 18.3 Å². The van der Waals surface area contributed by atoms with Gasteiger partial charge in [-0.2, -0.15) is 13.2 Å². The Kier molecular flexibility index (Phi) is 5.56. The van der Waals surface area contributed by atoms with Gasteiger partial charge in [0, 0.05) is 25.4 Å². The number of alkyl halides is 3. The lowest BCUT2D eigenvalue weighted by molar-refractivity contribution is -0.154. The molecule has 0 saturated heterocycles. The van der Waals surface area contributed by atoms with Crippen LogP contribution >= 0.6 is 0 Å². The lowest BCUT2D eigenvalue weighted by Crippen LogP contribution is -2.25. The van der Waals surface area contributed by atoms with Gasteiger partial charge in [0.15, 0.2) is 6.61 Å². The van der Waals surface area contributed by atoms with Crippen molar-refractivity contribution < 1.29 is 27.8 Å². The maximum Gasteiger partial charge on any atom is 0.422 e. The first-order valence-corrected chi connectivity index (χ1v) is 5.47. The largest absolute Gasteiger partial charge is 0.468 e. The highest BCUT2D eigenvalue weighted by Gasteiger charge is 2.28. The number of pyridine rings is 1. The summed E-state index contributed by atoms with van der Waals surface area (Å²) in [6.45, 7) is -1.16. The fourth-order valence-electron chi connectivity index (χ4n) is 1.14. The Labute approximate surface area is 107 Å². The molecule has 5 nitrogen and oxygen atoms in total. The molecule has 1 aromatic heterocycles. The molecule has 8 heteroatoms. The molecule has 0 bridgehead atoms. The highest BCUT2D eigenvalue weighted by Crippen LogP contribution is 2.16. The number of aliphatic hydroxyl groups is 1. The van der Waals surface area contributed by atoms with Crippen molar-refractivity contribution in [3.8, 4) is 5.88 Å². The summed E-state index contributed by atoms with van der Waals surface area (Å²) in [5.74, 6) is -0.618. The molecule has 0 aliphatic rings. The monoisotopic (exact) mass is 278 g/mol. The second-order valence-corrected chi connectivity index (χ2v) is 3.62. The minimum atomic E-state index is -4.43. The van der Waals surface area contributed by atoms with Gasteiger partial charge in [0.2, 0.25) is 5.88 Å². The second kappa shape index (κ2) is 6.93. The van der Waals surface area contributed by atoms with Gasteiger partial charge >= 0.3 is 6.18 Å². The number of carbonyl (C=O) groups is 1. The Morgan fingerprint density at radius 3 is 2.68 bits per heavy atom. The Morgan fingerprint density at radius 1 is 1.42 bits per heavy atom. The van der Waals surface area contributed by atoms with Crippen molar-refractivity contribution in [2.24, 2.45) is 0 Å². The zero-order valence-electron chi connectivity index (χ0n) is 9.91. The van der Waals surface area contributed by atoms with E-state index >= 15 is 0 Å². The third-order valence-electron chi connectivity index (χ3n) is 2.00. The highest BCUT2D eigenvalue weighted by molar-refractivity contribution is 5.93. The van der Waals surface area contributed by atoms with Crippen LogP contribution < -0.4 is 10.1 Å². The molecule has 1 amide bonds. The van der Waals surface area contributed by atoms with Gasteiger partial charge in [-0.25, -0.2) is 4.98 Å². The molecule has 1 heterocycles. The Balaban J connectivity index is 2.49. The third kappa shape index (κ3) is 6.05. The summed E-state index contributed by atoms with van der Waals surface area (Å²) in [7, 11) is 0. The molecule has 0 atom stereocenters. The van der Waals surface area contributed by atoms with Crippen molar-refractivity contribution in [3.63, 3.8) is 0 Å². The normalized spacial score (nSPS) is 11.2. The standard InChI is InChI=1S/C11H13F3N2O3/c12-11(13,14)7-19-9-3-2-8(6-16-9)10(18)15-4-1-5-17/h2-3,6,17H,1,4-5,7H2,(H,15,18). The number of halogens is 3. The SMILES string of the molecule is O=C(NCCCO)c1ccc(OCC(F)(F)F)nc1. The number of nitrogens with one attached hydrogen (secondary N) is 1. The number of hydrogen-bond acceptors (Lipinski definition) is 4. The predicted molar refractivity (Wildman–Crippen MR) is 59.8 cm³/mol. The van der Waals surface area contributed by atoms with E-state index in [4.69, 9.17) is 5.11 Å². The molecule has 2 N–H and O–H groups in total. The van der Waals surface area contributed by atoms with Gasteiger partial charge in [0.05, 0.1) is 5.56 Å². The summed E-state index contributed by atoms with van der Waals surface area (Å²) in [5, 5.41) is 11.1. The van der Waals surface area contributed by atoms with E-state index in [0.29, 0.717) is 13.0 Å². The zero-order chi connectivity index (χ0) is 14.3. The van der Waals surface area contributed by atoms with E-state index in [1.165, 1.54) is 12.1 Å². The number of aromatic nitrogens is 1. The third-order valence-corrected chi connectivity index (χ3v) is 2.00. The van der Waals surface area contributed by atoms with E-state index in [9.17, 15) is 18.0 Å². The minimum Gasteiger partial charge on any atom is -0.468 e. The fourth-order valence-corrected chi connectivity index (χ4v) is 1.14. The second-order valence-electron chi connectivity index (χ2n) is 3.62. The van der Waals surface area contributed by atoms with Crippen molar-refractivity contribution in [1.82, 2.24) is 10.3 Å². The van der Waals surface area contributed by atoms with Crippen molar-refractivity contribution in [1.29, 1.82) is 0 Å². The lowest BCUT2D eigenvalue weighted by Gasteiger charge is -2.08. The fraction of sp³-hybridized carbons (Fsp3) is 0.455. The lowest BCUT2D eigenvalue weighted by atomic mass is 10.2. The van der Waals surface area contributed by atoms with Gasteiger partial charge in [0.25, 0.3) is 5.91 Å². The van der Waals surface area contributed by atoms with Crippen LogP contribution in [-0.2, 0) is 0 Å². The summed E-state index contributed by atoms with van der Waals surface area (Å²) in [5.41, 5.74) is 0.206. The van der Waals surface area contributed by atoms with Crippen LogP contribution in [0.1, 0.15) is 16.8 Å². The highest BCUT2D eigenvalue weighted by atomic mass is 19.4. The molecule has 0 aliphatic carbocycles. The first-order valence-electron chi connectivity index (χ1n) is 5.47. The number of nitrogens with zero attached hydrogens (tertiary/aromatic N) is 1. The van der Waals surface area contributed by atoms with E-state index < -0.39 is 18.7 Å². The molecule has 106 valence electrons. The molecule has 0 spiro atoms. The molecule has 0 unspecified atom stereocenters. The molecule has 0 radical (unpaired) electrons. The molecule has 0 aromatic carbocycles. The molecule has 1 aromatic rings. The van der Waals surface area contributed by atoms with Crippen LogP contribution in [0.4, 0.5) is 13.2 Å². The van der Waals surface area contributed by atoms with Gasteiger partial charge in [0.1, 0.15) is 0 Å². The van der Waals surface area contributed by atoms with Gasteiger partial charge < -0.3 is 15.2 Å². The van der Waals surface area contributed by atoms with Crippen molar-refractivity contribution >= 4 is 5.91 Å². The molecule has 0 fully saturated rings. The summed E-state index contributed by atoms with van der Waals surface area (Å²) in [4.78, 5) is 15.1. The maximum absolute atomic E-state index is 11.9. The van der Waals surface area contributed by atoms with Crippen LogP contribution in [0.5, 0.6) is 5.88 Å². The van der Waals surface area contributed by atoms with E-state index in [0.717, 1.165) is 6.20 Å². The maximum atomic E-state index is 11.9. The zero-order valence-corrected chi connectivity index (χ0v) is 9.91. The molecule has 0 aliphatic heterocycles. The van der Waals surface area contributed by atoms with Crippen LogP contribution in [0.3, 0.4) is 0 Å². The van der Waals surface area contributed by atoms with Crippen LogP contribution in [0.2, 0.25) is 0 Å². The van der Waals surface area contributed by atoms with Crippen molar-refractivity contribution in [3.05, 3.63) is 23.9 Å². The van der Waals surface area contributed by atoms with Crippen LogP contribution in [-0.4, -0.2) is 41.9 Å². The van der Waals surface area contributed by atoms with Gasteiger partial charge in [-0.3, -0.25) is 4.79 Å². The van der Waals surface area contributed by atoms with Gasteiger partial charge in [-0.05, 0) is 12.5 Å². The van der Waals surface area contributed by atoms with Crippen molar-refractivity contribution in [2.75, 3.05) is 19.8 Å². The Morgan fingerprint density at radius 2 is 2.16 bits per heavy atom. The molecular weight excluding hydrogens is 265 g/mol. The van der Waals surface area contributed by atoms with Crippen LogP contribution in [0.25, 0.3) is 0 Å². The number of carbonyl (C=O) groups excluding carboxylic acids is 1. The quantitative estimate of drug-likeness (QED) is 0.765. The number of ether oxygens (including phenoxy) is 1. The number of aliphatic hydroxyl groups excluding tert-OH is 1. The summed E-state index contributed by atoms with van der Waals surface area (Å²) >= 11 is 0. The van der Waals surface area contributed by atoms with E-state index in [-0.39, 0.29) is 18.1 Å². The summed E-state index contributed by atoms with van der Waals surface area (Å²) in [6.07, 6.45) is -2.88. The minimum absolute atomic E-state index is 0.0389. The van der Waals surface area contributed by atoms with Crippen molar-refractivity contribution in [2.45, 2.75) is 12.6 Å². The van der Waals surface area contributed by atoms with E-state index in [1.807, 2.05) is 0 Å². The average Bonchev–Trinajstić information content (AvgIpc) is 2.36. The molecule has 19 heavy (non-hydrogen) atoms. The number of amides is 1. The summed E-state index contributed by atoms with van der Waals surface area (Å²) < 4.78 is 40.1. The van der Waals surface area contributed by atoms with Crippen LogP contribution in [0, 0.1) is 0 Å². The van der Waals surface area contributed by atoms with E-state index in [1.54, 1.807) is 0 Å². The number of hydrogen-bond donors (Lipinski definition) is 2. The molecular formula is C11H13F3N2O3. The van der Waals surface area contributed by atoms with E-state index in [2.05, 4.69) is 15.0 Å². The smallest absolute Gasteiger partial charge is 0.422 e. The first kappa shape index (κ1) is 15.2. The Hall–Kier alpha value is -1.83. The van der Waals surface area contributed by atoms with Gasteiger partial charge in [-0.15, -0.1) is 0 Å². The first-order chi connectivity index (χ1) is 8.92. The predicted octanol–water partition coefficient (Wildman–Crippen LogP) is 1.13. The molecule has 1 rings (SSSR count). The van der Waals surface area contributed by atoms with Gasteiger partial charge in [-0.1, -0.05) is 0 Å². The average molecular weight is 278 g/mol. The summed E-state index contributed by atoms with van der Waals surface area (Å²) in [6, 6.07) is 2.50. The Bertz CT molecular complexity index is 407. The molecule has 0 saturated carbocycles. The number of rotatable bonds is 6. The topological polar surface area (TPSA) is 71.5 Å².